The first-order chi connectivity index (χ1) is 12.4. The number of benzene rings is 1. The largest absolute Gasteiger partial charge is 0.332 e. The molecule has 134 valence electrons. The van der Waals surface area contributed by atoms with Crippen molar-refractivity contribution in [2.75, 3.05) is 0 Å². The van der Waals surface area contributed by atoms with E-state index in [1.165, 1.54) is 17.2 Å². The predicted molar refractivity (Wildman–Crippen MR) is 101 cm³/mol. The second kappa shape index (κ2) is 5.45. The Kier molecular flexibility index (Phi) is 3.44. The van der Waals surface area contributed by atoms with Crippen LogP contribution in [0.5, 0.6) is 0 Å². The Morgan fingerprint density at radius 1 is 0.962 bits per heavy atom. The standard InChI is InChI=1S/C19H21N5O2/c1-6-13-7-9-14(10-8-13)23-11(2)12(3)24-15-16(20-18(23)24)21(4)19(26)22(5)17(15)25/h7-10H,6H2,1-5H3. The lowest BCUT2D eigenvalue weighted by Gasteiger charge is -2.07. The van der Waals surface area contributed by atoms with Crippen molar-refractivity contribution >= 4 is 16.9 Å². The van der Waals surface area contributed by atoms with Gasteiger partial charge in [-0.1, -0.05) is 19.1 Å². The van der Waals surface area contributed by atoms with E-state index >= 15 is 0 Å². The van der Waals surface area contributed by atoms with E-state index < -0.39 is 0 Å². The lowest BCUT2D eigenvalue weighted by molar-refractivity contribution is 0.707. The molecule has 0 saturated heterocycles. The summed E-state index contributed by atoms with van der Waals surface area (Å²) in [6.45, 7) is 6.09. The summed E-state index contributed by atoms with van der Waals surface area (Å²) in [7, 11) is 3.13. The van der Waals surface area contributed by atoms with Gasteiger partial charge in [-0.2, -0.15) is 4.98 Å². The van der Waals surface area contributed by atoms with Gasteiger partial charge in [-0.05, 0) is 38.0 Å². The van der Waals surface area contributed by atoms with E-state index in [0.717, 1.165) is 28.1 Å². The van der Waals surface area contributed by atoms with Crippen LogP contribution in [0.15, 0.2) is 33.9 Å². The van der Waals surface area contributed by atoms with Crippen LogP contribution < -0.4 is 11.2 Å². The number of aryl methyl sites for hydroxylation is 3. The minimum absolute atomic E-state index is 0.336. The van der Waals surface area contributed by atoms with Gasteiger partial charge >= 0.3 is 5.69 Å². The molecule has 0 N–H and O–H groups in total. The Morgan fingerprint density at radius 3 is 2.23 bits per heavy atom. The first-order valence-corrected chi connectivity index (χ1v) is 8.62. The predicted octanol–water partition coefficient (Wildman–Crippen LogP) is 1.85. The van der Waals surface area contributed by atoms with E-state index in [9.17, 15) is 9.59 Å². The van der Waals surface area contributed by atoms with E-state index in [1.807, 2.05) is 22.8 Å². The quantitative estimate of drug-likeness (QED) is 0.554. The SMILES string of the molecule is CCc1ccc(-n2c(C)c(C)n3c4c(=O)n(C)c(=O)n(C)c4nc23)cc1. The summed E-state index contributed by atoms with van der Waals surface area (Å²) in [5.74, 6) is 0.637. The molecule has 7 nitrogen and oxygen atoms in total. The van der Waals surface area contributed by atoms with Crippen molar-refractivity contribution in [3.63, 3.8) is 0 Å². The van der Waals surface area contributed by atoms with Crippen LogP contribution in [0.25, 0.3) is 22.6 Å². The number of aromatic nitrogens is 5. The van der Waals surface area contributed by atoms with Crippen molar-refractivity contribution in [2.24, 2.45) is 14.1 Å². The van der Waals surface area contributed by atoms with E-state index in [2.05, 4.69) is 36.2 Å². The highest BCUT2D eigenvalue weighted by molar-refractivity contribution is 5.77. The second-order valence-electron chi connectivity index (χ2n) is 6.65. The number of nitrogens with zero attached hydrogens (tertiary/aromatic N) is 5. The summed E-state index contributed by atoms with van der Waals surface area (Å²) in [5, 5.41) is 0. The van der Waals surface area contributed by atoms with Crippen LogP contribution in [0.4, 0.5) is 0 Å². The maximum absolute atomic E-state index is 12.7. The molecular weight excluding hydrogens is 330 g/mol. The minimum atomic E-state index is -0.378. The average Bonchev–Trinajstić information content (AvgIpc) is 3.14. The van der Waals surface area contributed by atoms with Gasteiger partial charge in [-0.15, -0.1) is 0 Å². The number of hydrogen-bond donors (Lipinski definition) is 0. The summed E-state index contributed by atoms with van der Waals surface area (Å²) in [4.78, 5) is 29.7. The molecule has 7 heteroatoms. The molecule has 0 saturated carbocycles. The Morgan fingerprint density at radius 2 is 1.62 bits per heavy atom. The maximum atomic E-state index is 12.7. The zero-order chi connectivity index (χ0) is 18.7. The van der Waals surface area contributed by atoms with Crippen molar-refractivity contribution in [1.82, 2.24) is 23.1 Å². The van der Waals surface area contributed by atoms with Crippen molar-refractivity contribution in [3.05, 3.63) is 62.1 Å². The fourth-order valence-electron chi connectivity index (χ4n) is 3.52. The molecule has 0 bridgehead atoms. The molecule has 0 unspecified atom stereocenters. The lowest BCUT2D eigenvalue weighted by Crippen LogP contribution is -2.37. The molecule has 4 rings (SSSR count). The zero-order valence-electron chi connectivity index (χ0n) is 15.6. The van der Waals surface area contributed by atoms with Crippen molar-refractivity contribution in [1.29, 1.82) is 0 Å². The maximum Gasteiger partial charge on any atom is 0.332 e. The van der Waals surface area contributed by atoms with E-state index in [4.69, 9.17) is 0 Å². The van der Waals surface area contributed by atoms with Crippen molar-refractivity contribution < 1.29 is 0 Å². The molecule has 0 aliphatic carbocycles. The first-order valence-electron chi connectivity index (χ1n) is 8.62. The monoisotopic (exact) mass is 351 g/mol. The van der Waals surface area contributed by atoms with Crippen LogP contribution in [-0.4, -0.2) is 23.1 Å². The Balaban J connectivity index is 2.18. The lowest BCUT2D eigenvalue weighted by atomic mass is 10.1. The van der Waals surface area contributed by atoms with Gasteiger partial charge in [-0.25, -0.2) is 4.79 Å². The molecule has 0 aliphatic heterocycles. The summed E-state index contributed by atoms with van der Waals surface area (Å²) in [6.07, 6.45) is 0.977. The number of rotatable bonds is 2. The molecule has 0 atom stereocenters. The Hall–Kier alpha value is -3.09. The van der Waals surface area contributed by atoms with E-state index in [-0.39, 0.29) is 11.2 Å². The Labute approximate surface area is 149 Å². The van der Waals surface area contributed by atoms with Gasteiger partial charge < -0.3 is 0 Å². The third-order valence-corrected chi connectivity index (χ3v) is 5.24. The molecule has 3 aromatic heterocycles. The van der Waals surface area contributed by atoms with Gasteiger partial charge in [-0.3, -0.25) is 22.9 Å². The molecule has 26 heavy (non-hydrogen) atoms. The number of hydrogen-bond acceptors (Lipinski definition) is 3. The van der Waals surface area contributed by atoms with Gasteiger partial charge in [0.25, 0.3) is 5.56 Å². The first kappa shape index (κ1) is 16.4. The summed E-state index contributed by atoms with van der Waals surface area (Å²) in [5.41, 5.74) is 4.29. The van der Waals surface area contributed by atoms with E-state index in [1.54, 1.807) is 7.05 Å². The van der Waals surface area contributed by atoms with Gasteiger partial charge in [0.2, 0.25) is 5.78 Å². The Bertz CT molecular complexity index is 1280. The topological polar surface area (TPSA) is 66.2 Å². The number of imidazole rings is 2. The van der Waals surface area contributed by atoms with Crippen LogP contribution in [0.1, 0.15) is 23.9 Å². The van der Waals surface area contributed by atoms with Gasteiger partial charge in [0.15, 0.2) is 11.2 Å². The number of fused-ring (bicyclic) bond motifs is 3. The normalized spacial score (nSPS) is 11.7. The van der Waals surface area contributed by atoms with Gasteiger partial charge in [0.1, 0.15) is 0 Å². The van der Waals surface area contributed by atoms with Crippen molar-refractivity contribution in [2.45, 2.75) is 27.2 Å². The summed E-state index contributed by atoms with van der Waals surface area (Å²) >= 11 is 0. The minimum Gasteiger partial charge on any atom is -0.283 e. The molecule has 0 amide bonds. The molecule has 4 aromatic rings. The molecule has 0 spiro atoms. The average molecular weight is 351 g/mol. The summed E-state index contributed by atoms with van der Waals surface area (Å²) < 4.78 is 6.42. The molecule has 1 aromatic carbocycles. The van der Waals surface area contributed by atoms with Crippen molar-refractivity contribution in [3.8, 4) is 5.69 Å². The molecule has 0 fully saturated rings. The van der Waals surface area contributed by atoms with Gasteiger partial charge in [0, 0.05) is 31.2 Å². The molecular formula is C19H21N5O2. The molecule has 3 heterocycles. The zero-order valence-corrected chi connectivity index (χ0v) is 15.6. The van der Waals surface area contributed by atoms with Crippen LogP contribution in [0.3, 0.4) is 0 Å². The van der Waals surface area contributed by atoms with Gasteiger partial charge in [0.05, 0.1) is 0 Å². The third kappa shape index (κ3) is 1.97. The van der Waals surface area contributed by atoms with Crippen LogP contribution in [-0.2, 0) is 20.5 Å². The highest BCUT2D eigenvalue weighted by atomic mass is 16.2. The second-order valence-corrected chi connectivity index (χ2v) is 6.65. The molecule has 0 aliphatic rings. The highest BCUT2D eigenvalue weighted by Gasteiger charge is 2.22. The van der Waals surface area contributed by atoms with Crippen LogP contribution in [0, 0.1) is 13.8 Å². The van der Waals surface area contributed by atoms with E-state index in [0.29, 0.717) is 16.9 Å². The fraction of sp³-hybridized carbons (Fsp3) is 0.316. The summed E-state index contributed by atoms with van der Waals surface area (Å²) in [6, 6.07) is 8.31. The fourth-order valence-corrected chi connectivity index (χ4v) is 3.52. The third-order valence-electron chi connectivity index (χ3n) is 5.24. The van der Waals surface area contributed by atoms with Crippen LogP contribution >= 0.6 is 0 Å². The van der Waals surface area contributed by atoms with Crippen LogP contribution in [0.2, 0.25) is 0 Å². The smallest absolute Gasteiger partial charge is 0.283 e. The highest BCUT2D eigenvalue weighted by Crippen LogP contribution is 2.24. The molecule has 0 radical (unpaired) electrons.